The second-order valence-corrected chi connectivity index (χ2v) is 11.2. The molecule has 0 saturated heterocycles. The Balaban J connectivity index is 2.06. The number of hydrogen-bond donors (Lipinski definition) is 1. The van der Waals surface area contributed by atoms with Crippen molar-refractivity contribution in [3.63, 3.8) is 0 Å². The molecule has 0 radical (unpaired) electrons. The zero-order chi connectivity index (χ0) is 28.4. The number of likely N-dealkylation sites (N-methyl/N-ethyl adjacent to an activating group) is 1. The number of nitrogens with zero attached hydrogens (tertiary/aromatic N) is 2. The molecule has 0 aromatic heterocycles. The van der Waals surface area contributed by atoms with Crippen molar-refractivity contribution in [3.8, 4) is 5.75 Å². The highest BCUT2D eigenvalue weighted by molar-refractivity contribution is 7.92. The van der Waals surface area contributed by atoms with E-state index in [9.17, 15) is 18.0 Å². The van der Waals surface area contributed by atoms with Crippen LogP contribution in [0.3, 0.4) is 0 Å². The number of carbonyl (C=O) groups excluding carboxylic acids is 2. The molecule has 0 fully saturated rings. The summed E-state index contributed by atoms with van der Waals surface area (Å²) in [5, 5.41) is 2.85. The fourth-order valence-corrected chi connectivity index (χ4v) is 5.24. The summed E-state index contributed by atoms with van der Waals surface area (Å²) >= 11 is 0. The maximum atomic E-state index is 14.1. The van der Waals surface area contributed by atoms with Crippen LogP contribution in [0.5, 0.6) is 5.75 Å². The van der Waals surface area contributed by atoms with E-state index >= 15 is 0 Å². The predicted molar refractivity (Wildman–Crippen MR) is 154 cm³/mol. The largest absolute Gasteiger partial charge is 0.492 e. The fourth-order valence-electron chi connectivity index (χ4n) is 4.39. The van der Waals surface area contributed by atoms with Crippen molar-refractivity contribution in [2.75, 3.05) is 30.3 Å². The summed E-state index contributed by atoms with van der Waals surface area (Å²) < 4.78 is 32.6. The van der Waals surface area contributed by atoms with E-state index in [0.29, 0.717) is 18.9 Å². The van der Waals surface area contributed by atoms with Gasteiger partial charge in [0, 0.05) is 19.5 Å². The Morgan fingerprint density at radius 2 is 1.59 bits per heavy atom. The van der Waals surface area contributed by atoms with Gasteiger partial charge < -0.3 is 15.0 Å². The molecule has 0 spiro atoms. The smallest absolute Gasteiger partial charge is 0.244 e. The molecular weight excluding hydrogens is 514 g/mol. The lowest BCUT2D eigenvalue weighted by atomic mass is 10.0. The van der Waals surface area contributed by atoms with Crippen molar-refractivity contribution >= 4 is 27.5 Å². The average Bonchev–Trinajstić information content (AvgIpc) is 2.90. The van der Waals surface area contributed by atoms with Gasteiger partial charge in [-0.25, -0.2) is 8.42 Å². The molecule has 0 aliphatic heterocycles. The third-order valence-corrected chi connectivity index (χ3v) is 7.30. The second kappa shape index (κ2) is 13.8. The normalized spacial score (nSPS) is 11.9. The maximum absolute atomic E-state index is 14.1. The topological polar surface area (TPSA) is 96.0 Å². The number of amides is 2. The lowest BCUT2D eigenvalue weighted by molar-refractivity contribution is -0.140. The Kier molecular flexibility index (Phi) is 10.5. The molecule has 0 heterocycles. The van der Waals surface area contributed by atoms with Crippen LogP contribution >= 0.6 is 0 Å². The number of aryl methyl sites for hydroxylation is 1. The summed E-state index contributed by atoms with van der Waals surface area (Å²) in [6, 6.07) is 23.0. The summed E-state index contributed by atoms with van der Waals surface area (Å²) in [7, 11) is -3.88. The van der Waals surface area contributed by atoms with E-state index in [1.54, 1.807) is 31.2 Å². The number of nitrogens with one attached hydrogen (secondary N) is 1. The molecular formula is C30H37N3O5S. The Morgan fingerprint density at radius 3 is 2.23 bits per heavy atom. The van der Waals surface area contributed by atoms with Crippen molar-refractivity contribution in [1.29, 1.82) is 0 Å². The first kappa shape index (κ1) is 29.7. The van der Waals surface area contributed by atoms with Crippen LogP contribution in [0.25, 0.3) is 0 Å². The number of sulfonamides is 1. The van der Waals surface area contributed by atoms with Crippen LogP contribution in [-0.4, -0.2) is 57.1 Å². The van der Waals surface area contributed by atoms with E-state index in [0.717, 1.165) is 27.3 Å². The molecule has 1 atom stereocenters. The quantitative estimate of drug-likeness (QED) is 0.347. The van der Waals surface area contributed by atoms with E-state index in [1.807, 2.05) is 68.4 Å². The van der Waals surface area contributed by atoms with Crippen LogP contribution in [-0.2, 0) is 32.6 Å². The Hall–Kier alpha value is -3.85. The standard InChI is InChI=1S/C30H37N3O5S/c1-5-31-30(35)27(20-24-14-8-7-9-15-24)32(21-25-16-12-13-23(3)19-25)29(34)22-33(39(4,36)37)26-17-10-11-18-28(26)38-6-2/h7-19,27H,5-6,20-22H2,1-4H3,(H,31,35). The molecule has 3 rings (SSSR count). The van der Waals surface area contributed by atoms with Gasteiger partial charge in [-0.05, 0) is 44.0 Å². The minimum absolute atomic E-state index is 0.139. The first-order valence-corrected chi connectivity index (χ1v) is 14.8. The van der Waals surface area contributed by atoms with Gasteiger partial charge in [-0.15, -0.1) is 0 Å². The summed E-state index contributed by atoms with van der Waals surface area (Å²) in [5.41, 5.74) is 3.01. The molecule has 1 N–H and O–H groups in total. The Morgan fingerprint density at radius 1 is 0.923 bits per heavy atom. The molecule has 3 aromatic rings. The predicted octanol–water partition coefficient (Wildman–Crippen LogP) is 3.94. The number of anilines is 1. The van der Waals surface area contributed by atoms with Gasteiger partial charge in [0.1, 0.15) is 18.3 Å². The second-order valence-electron chi connectivity index (χ2n) is 9.28. The zero-order valence-corrected chi connectivity index (χ0v) is 23.8. The minimum Gasteiger partial charge on any atom is -0.492 e. The first-order valence-electron chi connectivity index (χ1n) is 13.0. The van der Waals surface area contributed by atoms with Crippen LogP contribution < -0.4 is 14.4 Å². The lowest BCUT2D eigenvalue weighted by Gasteiger charge is -2.33. The third-order valence-electron chi connectivity index (χ3n) is 6.17. The van der Waals surface area contributed by atoms with Crippen LogP contribution in [0.4, 0.5) is 5.69 Å². The van der Waals surface area contributed by atoms with Gasteiger partial charge >= 0.3 is 0 Å². The minimum atomic E-state index is -3.88. The van der Waals surface area contributed by atoms with Gasteiger partial charge in [-0.2, -0.15) is 0 Å². The highest BCUT2D eigenvalue weighted by Crippen LogP contribution is 2.30. The molecule has 9 heteroatoms. The number of benzene rings is 3. The molecule has 0 aliphatic carbocycles. The summed E-state index contributed by atoms with van der Waals surface area (Å²) in [6.07, 6.45) is 1.33. The van der Waals surface area contributed by atoms with Gasteiger partial charge in [-0.1, -0.05) is 72.3 Å². The summed E-state index contributed by atoms with van der Waals surface area (Å²) in [5.74, 6) is -0.448. The number of hydrogen-bond acceptors (Lipinski definition) is 5. The highest BCUT2D eigenvalue weighted by Gasteiger charge is 2.33. The summed E-state index contributed by atoms with van der Waals surface area (Å²) in [4.78, 5) is 28.9. The van der Waals surface area contributed by atoms with Crippen molar-refractivity contribution < 1.29 is 22.7 Å². The molecule has 0 aliphatic rings. The first-order chi connectivity index (χ1) is 18.6. The molecule has 0 bridgehead atoms. The van der Waals surface area contributed by atoms with Crippen LogP contribution in [0.1, 0.15) is 30.5 Å². The van der Waals surface area contributed by atoms with Crippen LogP contribution in [0.15, 0.2) is 78.9 Å². The third kappa shape index (κ3) is 8.32. The van der Waals surface area contributed by atoms with Gasteiger partial charge in [0.05, 0.1) is 18.6 Å². The van der Waals surface area contributed by atoms with E-state index in [2.05, 4.69) is 5.32 Å². The van der Waals surface area contributed by atoms with Crippen LogP contribution in [0, 0.1) is 6.92 Å². The molecule has 8 nitrogen and oxygen atoms in total. The zero-order valence-electron chi connectivity index (χ0n) is 23.0. The molecule has 1 unspecified atom stereocenters. The molecule has 2 amide bonds. The van der Waals surface area contributed by atoms with Crippen LogP contribution in [0.2, 0.25) is 0 Å². The number of para-hydroxylation sites is 2. The SMILES string of the molecule is CCNC(=O)C(Cc1ccccc1)N(Cc1cccc(C)c1)C(=O)CN(c1ccccc1OCC)S(C)(=O)=O. The van der Waals surface area contributed by atoms with Gasteiger partial charge in [-0.3, -0.25) is 13.9 Å². The molecule has 3 aromatic carbocycles. The molecule has 0 saturated carbocycles. The van der Waals surface area contributed by atoms with Gasteiger partial charge in [0.15, 0.2) is 0 Å². The average molecular weight is 552 g/mol. The van der Waals surface area contributed by atoms with Crippen molar-refractivity contribution in [2.45, 2.75) is 39.8 Å². The van der Waals surface area contributed by atoms with Crippen molar-refractivity contribution in [1.82, 2.24) is 10.2 Å². The fraction of sp³-hybridized carbons (Fsp3) is 0.333. The van der Waals surface area contributed by atoms with E-state index in [-0.39, 0.29) is 24.6 Å². The molecule has 208 valence electrons. The Bertz CT molecular complexity index is 1360. The summed E-state index contributed by atoms with van der Waals surface area (Å²) in [6.45, 7) is 5.96. The molecule has 39 heavy (non-hydrogen) atoms. The van der Waals surface area contributed by atoms with Gasteiger partial charge in [0.2, 0.25) is 21.8 Å². The number of ether oxygens (including phenoxy) is 1. The van der Waals surface area contributed by atoms with Gasteiger partial charge in [0.25, 0.3) is 0 Å². The highest BCUT2D eigenvalue weighted by atomic mass is 32.2. The van der Waals surface area contributed by atoms with Crippen molar-refractivity contribution in [3.05, 3.63) is 95.6 Å². The number of rotatable bonds is 13. The van der Waals surface area contributed by atoms with E-state index in [1.165, 1.54) is 4.90 Å². The lowest BCUT2D eigenvalue weighted by Crippen LogP contribution is -2.53. The van der Waals surface area contributed by atoms with Crippen molar-refractivity contribution in [2.24, 2.45) is 0 Å². The van der Waals surface area contributed by atoms with E-state index < -0.39 is 28.5 Å². The van der Waals surface area contributed by atoms with E-state index in [4.69, 9.17) is 4.74 Å². The Labute approximate surface area is 231 Å². The monoisotopic (exact) mass is 551 g/mol. The number of carbonyl (C=O) groups is 2. The maximum Gasteiger partial charge on any atom is 0.244 e.